The van der Waals surface area contributed by atoms with Crippen molar-refractivity contribution in [3.63, 3.8) is 0 Å². The minimum absolute atomic E-state index is 0.409. The second-order valence-electron chi connectivity index (χ2n) is 6.69. The van der Waals surface area contributed by atoms with Crippen molar-refractivity contribution in [2.75, 3.05) is 38.2 Å². The minimum Gasteiger partial charge on any atom is -0.495 e. The van der Waals surface area contributed by atoms with Crippen LogP contribution in [0.3, 0.4) is 0 Å². The fourth-order valence-electron chi connectivity index (χ4n) is 2.94. The van der Waals surface area contributed by atoms with Crippen molar-refractivity contribution in [1.82, 2.24) is 10.6 Å². The molecule has 1 aromatic rings. The molecule has 2 N–H and O–H groups in total. The van der Waals surface area contributed by atoms with Crippen LogP contribution in [0.5, 0.6) is 5.75 Å². The number of rotatable bonds is 7. The van der Waals surface area contributed by atoms with E-state index in [2.05, 4.69) is 48.4 Å². The summed E-state index contributed by atoms with van der Waals surface area (Å²) in [5, 5.41) is 6.94. The zero-order valence-corrected chi connectivity index (χ0v) is 15.5. The molecule has 0 spiro atoms. The van der Waals surface area contributed by atoms with Gasteiger partial charge in [-0.25, -0.2) is 0 Å². The van der Waals surface area contributed by atoms with Gasteiger partial charge in [0.15, 0.2) is 5.96 Å². The van der Waals surface area contributed by atoms with Crippen molar-refractivity contribution in [3.05, 3.63) is 24.3 Å². The number of nitrogens with zero attached hydrogens (tertiary/aromatic N) is 2. The number of ether oxygens (including phenoxy) is 1. The fourth-order valence-corrected chi connectivity index (χ4v) is 2.94. The predicted molar refractivity (Wildman–Crippen MR) is 102 cm³/mol. The summed E-state index contributed by atoms with van der Waals surface area (Å²) in [5.74, 6) is 2.56. The number of anilines is 1. The molecular weight excluding hydrogens is 300 g/mol. The van der Waals surface area contributed by atoms with E-state index in [1.165, 1.54) is 5.69 Å². The van der Waals surface area contributed by atoms with Gasteiger partial charge in [-0.2, -0.15) is 0 Å². The highest BCUT2D eigenvalue weighted by molar-refractivity contribution is 5.80. The van der Waals surface area contributed by atoms with Crippen molar-refractivity contribution in [2.45, 2.75) is 39.7 Å². The van der Waals surface area contributed by atoms with Crippen LogP contribution >= 0.6 is 0 Å². The third-order valence-electron chi connectivity index (χ3n) is 4.28. The fraction of sp³-hybridized carbons (Fsp3) is 0.632. The molecule has 5 nitrogen and oxygen atoms in total. The number of hydrogen-bond acceptors (Lipinski definition) is 3. The highest BCUT2D eigenvalue weighted by Crippen LogP contribution is 2.30. The van der Waals surface area contributed by atoms with Crippen molar-refractivity contribution in [3.8, 4) is 5.75 Å². The van der Waals surface area contributed by atoms with Crippen LogP contribution in [-0.4, -0.2) is 45.3 Å². The average Bonchev–Trinajstić information content (AvgIpc) is 3.03. The molecule has 0 bridgehead atoms. The van der Waals surface area contributed by atoms with Crippen LogP contribution in [0.25, 0.3) is 0 Å². The van der Waals surface area contributed by atoms with Crippen LogP contribution in [0.1, 0.15) is 33.6 Å². The SMILES string of the molecule is CCNC(=NCCC(C)C)NC1CCN(c2ccccc2OC)C1. The molecule has 1 aliphatic rings. The molecule has 0 amide bonds. The van der Waals surface area contributed by atoms with E-state index in [1.54, 1.807) is 7.11 Å². The Labute approximate surface area is 146 Å². The first-order chi connectivity index (χ1) is 11.6. The average molecular weight is 332 g/mol. The summed E-state index contributed by atoms with van der Waals surface area (Å²) < 4.78 is 5.49. The monoisotopic (exact) mass is 332 g/mol. The van der Waals surface area contributed by atoms with E-state index in [0.29, 0.717) is 12.0 Å². The Morgan fingerprint density at radius 3 is 2.88 bits per heavy atom. The number of methoxy groups -OCH3 is 1. The predicted octanol–water partition coefficient (Wildman–Crippen LogP) is 2.88. The first-order valence-corrected chi connectivity index (χ1v) is 9.06. The lowest BCUT2D eigenvalue weighted by Crippen LogP contribution is -2.44. The topological polar surface area (TPSA) is 48.9 Å². The largest absolute Gasteiger partial charge is 0.495 e. The molecule has 1 aromatic carbocycles. The molecule has 134 valence electrons. The molecule has 0 radical (unpaired) electrons. The molecule has 1 saturated heterocycles. The van der Waals surface area contributed by atoms with Gasteiger partial charge in [0.25, 0.3) is 0 Å². The number of guanidine groups is 1. The van der Waals surface area contributed by atoms with Gasteiger partial charge in [-0.05, 0) is 37.8 Å². The first-order valence-electron chi connectivity index (χ1n) is 9.06. The minimum atomic E-state index is 0.409. The lowest BCUT2D eigenvalue weighted by atomic mass is 10.1. The highest BCUT2D eigenvalue weighted by atomic mass is 16.5. The van der Waals surface area contributed by atoms with Gasteiger partial charge in [0.2, 0.25) is 0 Å². The van der Waals surface area contributed by atoms with E-state index < -0.39 is 0 Å². The number of benzene rings is 1. The van der Waals surface area contributed by atoms with Crippen LogP contribution in [0.15, 0.2) is 29.3 Å². The van der Waals surface area contributed by atoms with Crippen LogP contribution in [-0.2, 0) is 0 Å². The Hall–Kier alpha value is -1.91. The van der Waals surface area contributed by atoms with Crippen molar-refractivity contribution < 1.29 is 4.74 Å². The van der Waals surface area contributed by atoms with Gasteiger partial charge in [-0.1, -0.05) is 26.0 Å². The Bertz CT molecular complexity index is 530. The van der Waals surface area contributed by atoms with Gasteiger partial charge in [0.1, 0.15) is 5.75 Å². The van der Waals surface area contributed by atoms with Gasteiger partial charge in [0.05, 0.1) is 12.8 Å². The van der Waals surface area contributed by atoms with Crippen molar-refractivity contribution in [2.24, 2.45) is 10.9 Å². The number of aliphatic imine (C=N–C) groups is 1. The van der Waals surface area contributed by atoms with Crippen molar-refractivity contribution in [1.29, 1.82) is 0 Å². The van der Waals surface area contributed by atoms with E-state index in [-0.39, 0.29) is 0 Å². The lowest BCUT2D eigenvalue weighted by Gasteiger charge is -2.22. The quantitative estimate of drug-likeness (QED) is 0.595. The second kappa shape index (κ2) is 9.40. The molecular formula is C19H32N4O. The summed E-state index contributed by atoms with van der Waals surface area (Å²) in [6.45, 7) is 10.3. The maximum absolute atomic E-state index is 5.49. The van der Waals surface area contributed by atoms with Crippen LogP contribution in [0, 0.1) is 5.92 Å². The Kier molecular flexibility index (Phi) is 7.22. The van der Waals surface area contributed by atoms with Gasteiger partial charge >= 0.3 is 0 Å². The lowest BCUT2D eigenvalue weighted by molar-refractivity contribution is 0.415. The molecule has 24 heavy (non-hydrogen) atoms. The molecule has 0 aromatic heterocycles. The molecule has 1 aliphatic heterocycles. The smallest absolute Gasteiger partial charge is 0.191 e. The zero-order valence-electron chi connectivity index (χ0n) is 15.5. The van der Waals surface area contributed by atoms with E-state index in [4.69, 9.17) is 9.73 Å². The summed E-state index contributed by atoms with van der Waals surface area (Å²) in [7, 11) is 1.73. The molecule has 1 heterocycles. The summed E-state index contributed by atoms with van der Waals surface area (Å²) in [5.41, 5.74) is 1.17. The summed E-state index contributed by atoms with van der Waals surface area (Å²) >= 11 is 0. The van der Waals surface area contributed by atoms with Gasteiger partial charge < -0.3 is 20.3 Å². The van der Waals surface area contributed by atoms with Crippen LogP contribution in [0.4, 0.5) is 5.69 Å². The van der Waals surface area contributed by atoms with E-state index in [9.17, 15) is 0 Å². The maximum atomic E-state index is 5.49. The first kappa shape index (κ1) is 18.4. The van der Waals surface area contributed by atoms with E-state index >= 15 is 0 Å². The summed E-state index contributed by atoms with van der Waals surface area (Å²) in [6.07, 6.45) is 2.22. The summed E-state index contributed by atoms with van der Waals surface area (Å²) in [6, 6.07) is 8.64. The number of para-hydroxylation sites is 2. The second-order valence-corrected chi connectivity index (χ2v) is 6.69. The molecule has 0 saturated carbocycles. The normalized spacial score (nSPS) is 18.1. The van der Waals surface area contributed by atoms with Crippen LogP contribution in [0.2, 0.25) is 0 Å². The Balaban J connectivity index is 1.93. The van der Waals surface area contributed by atoms with Gasteiger partial charge in [0, 0.05) is 32.2 Å². The Morgan fingerprint density at radius 2 is 2.17 bits per heavy atom. The standard InChI is InChI=1S/C19H32N4O/c1-5-20-19(21-12-10-15(2)3)22-16-11-13-23(14-16)17-8-6-7-9-18(17)24-4/h6-9,15-16H,5,10-14H2,1-4H3,(H2,20,21,22). The molecule has 1 atom stereocenters. The van der Waals surface area contributed by atoms with E-state index in [1.807, 2.05) is 12.1 Å². The maximum Gasteiger partial charge on any atom is 0.191 e. The molecule has 5 heteroatoms. The molecule has 1 unspecified atom stereocenters. The third kappa shape index (κ3) is 5.32. The highest BCUT2D eigenvalue weighted by Gasteiger charge is 2.25. The molecule has 1 fully saturated rings. The Morgan fingerprint density at radius 1 is 1.38 bits per heavy atom. The number of nitrogens with one attached hydrogen (secondary N) is 2. The van der Waals surface area contributed by atoms with E-state index in [0.717, 1.165) is 50.7 Å². The van der Waals surface area contributed by atoms with Gasteiger partial charge in [-0.3, -0.25) is 4.99 Å². The van der Waals surface area contributed by atoms with Gasteiger partial charge in [-0.15, -0.1) is 0 Å². The number of hydrogen-bond donors (Lipinski definition) is 2. The summed E-state index contributed by atoms with van der Waals surface area (Å²) in [4.78, 5) is 7.08. The molecule has 2 rings (SSSR count). The zero-order chi connectivity index (χ0) is 17.4. The van der Waals surface area contributed by atoms with Crippen LogP contribution < -0.4 is 20.3 Å². The third-order valence-corrected chi connectivity index (χ3v) is 4.28. The molecule has 0 aliphatic carbocycles. The van der Waals surface area contributed by atoms with Crippen molar-refractivity contribution >= 4 is 11.6 Å².